The van der Waals surface area contributed by atoms with Crippen molar-refractivity contribution in [2.75, 3.05) is 0 Å². The van der Waals surface area contributed by atoms with E-state index in [1.807, 2.05) is 31.2 Å². The molecule has 0 spiro atoms. The van der Waals surface area contributed by atoms with Crippen molar-refractivity contribution in [1.29, 1.82) is 0 Å². The second kappa shape index (κ2) is 4.30. The van der Waals surface area contributed by atoms with Crippen LogP contribution in [0.4, 0.5) is 0 Å². The fourth-order valence-corrected chi connectivity index (χ4v) is 2.22. The number of aryl methyl sites for hydroxylation is 1. The van der Waals surface area contributed by atoms with Crippen LogP contribution in [0.5, 0.6) is 11.5 Å². The molecule has 18 heavy (non-hydrogen) atoms. The first-order valence-corrected chi connectivity index (χ1v) is 6.12. The van der Waals surface area contributed by atoms with Gasteiger partial charge in [0, 0.05) is 11.3 Å². The average Bonchev–Trinajstić information content (AvgIpc) is 2.75. The Labute approximate surface area is 107 Å². The molecule has 2 aromatic carbocycles. The largest absolute Gasteiger partial charge is 0.457 e. The van der Waals surface area contributed by atoms with E-state index in [1.165, 1.54) is 11.1 Å². The molecule has 0 bridgehead atoms. The average molecular weight is 237 g/mol. The van der Waals surface area contributed by atoms with Crippen molar-refractivity contribution in [3.05, 3.63) is 59.2 Å². The van der Waals surface area contributed by atoms with Gasteiger partial charge in [0.05, 0.1) is 6.54 Å². The van der Waals surface area contributed by atoms with Crippen molar-refractivity contribution in [3.63, 3.8) is 0 Å². The van der Waals surface area contributed by atoms with Gasteiger partial charge in [0.15, 0.2) is 0 Å². The lowest BCUT2D eigenvalue weighted by molar-refractivity contribution is 0.481. The molecule has 2 aromatic rings. The Morgan fingerprint density at radius 2 is 1.78 bits per heavy atom. The van der Waals surface area contributed by atoms with E-state index in [-0.39, 0.29) is 0 Å². The van der Waals surface area contributed by atoms with Gasteiger partial charge in [0.1, 0.15) is 11.5 Å². The van der Waals surface area contributed by atoms with Crippen LogP contribution in [0.25, 0.3) is 0 Å². The molecule has 2 heteroatoms. The van der Waals surface area contributed by atoms with Gasteiger partial charge >= 0.3 is 0 Å². The van der Waals surface area contributed by atoms with Crippen molar-refractivity contribution in [2.45, 2.75) is 20.4 Å². The molecule has 0 saturated heterocycles. The van der Waals surface area contributed by atoms with Crippen molar-refractivity contribution < 1.29 is 4.74 Å². The number of hydrogen-bond acceptors (Lipinski definition) is 2. The van der Waals surface area contributed by atoms with Gasteiger partial charge in [0.2, 0.25) is 0 Å². The molecular weight excluding hydrogens is 222 g/mol. The van der Waals surface area contributed by atoms with Gasteiger partial charge in [0.25, 0.3) is 0 Å². The molecule has 0 saturated carbocycles. The molecule has 0 amide bonds. The third-order valence-corrected chi connectivity index (χ3v) is 3.21. The highest BCUT2D eigenvalue weighted by Crippen LogP contribution is 2.31. The lowest BCUT2D eigenvalue weighted by Gasteiger charge is -2.10. The van der Waals surface area contributed by atoms with Crippen LogP contribution >= 0.6 is 0 Å². The molecular formula is C16H15NO. The summed E-state index contributed by atoms with van der Waals surface area (Å²) in [7, 11) is 0. The van der Waals surface area contributed by atoms with Crippen LogP contribution in [-0.4, -0.2) is 5.71 Å². The lowest BCUT2D eigenvalue weighted by Crippen LogP contribution is -1.97. The summed E-state index contributed by atoms with van der Waals surface area (Å²) in [4.78, 5) is 4.46. The maximum absolute atomic E-state index is 5.97. The Hall–Kier alpha value is -2.09. The highest BCUT2D eigenvalue weighted by atomic mass is 16.5. The van der Waals surface area contributed by atoms with E-state index in [0.717, 1.165) is 29.3 Å². The van der Waals surface area contributed by atoms with Crippen LogP contribution in [0.1, 0.15) is 23.6 Å². The van der Waals surface area contributed by atoms with Gasteiger partial charge < -0.3 is 4.74 Å². The van der Waals surface area contributed by atoms with Crippen LogP contribution in [0, 0.1) is 6.92 Å². The van der Waals surface area contributed by atoms with Crippen LogP contribution in [0.3, 0.4) is 0 Å². The van der Waals surface area contributed by atoms with Crippen molar-refractivity contribution >= 4 is 5.71 Å². The maximum Gasteiger partial charge on any atom is 0.136 e. The summed E-state index contributed by atoms with van der Waals surface area (Å²) in [5.41, 5.74) is 4.70. The highest BCUT2D eigenvalue weighted by Gasteiger charge is 2.17. The second-order valence-corrected chi connectivity index (χ2v) is 4.61. The number of hydrogen-bond donors (Lipinski definition) is 0. The van der Waals surface area contributed by atoms with Gasteiger partial charge in [-0.15, -0.1) is 0 Å². The Kier molecular flexibility index (Phi) is 2.63. The number of fused-ring (bicyclic) bond motifs is 1. The molecule has 1 aliphatic heterocycles. The van der Waals surface area contributed by atoms with E-state index in [1.54, 1.807) is 0 Å². The standard InChI is InChI=1S/C16H15NO/c1-11-6-8-14(9-7-11)18-15-5-3-4-13-10-17-12(2)16(13)15/h3-9H,10H2,1-2H3. The Balaban J connectivity index is 1.97. The fourth-order valence-electron chi connectivity index (χ4n) is 2.22. The van der Waals surface area contributed by atoms with E-state index in [0.29, 0.717) is 0 Å². The number of benzene rings is 2. The number of aliphatic imine (C=N–C) groups is 1. The minimum Gasteiger partial charge on any atom is -0.457 e. The zero-order chi connectivity index (χ0) is 12.5. The van der Waals surface area contributed by atoms with Crippen LogP contribution < -0.4 is 4.74 Å². The predicted molar refractivity (Wildman–Crippen MR) is 73.6 cm³/mol. The first-order valence-electron chi connectivity index (χ1n) is 6.12. The Bertz CT molecular complexity index is 611. The van der Waals surface area contributed by atoms with Gasteiger partial charge in [-0.05, 0) is 37.6 Å². The van der Waals surface area contributed by atoms with Gasteiger partial charge in [-0.25, -0.2) is 0 Å². The zero-order valence-corrected chi connectivity index (χ0v) is 10.6. The summed E-state index contributed by atoms with van der Waals surface area (Å²) in [6, 6.07) is 14.2. The summed E-state index contributed by atoms with van der Waals surface area (Å²) < 4.78 is 5.97. The molecule has 3 rings (SSSR count). The summed E-state index contributed by atoms with van der Waals surface area (Å²) in [6.07, 6.45) is 0. The van der Waals surface area contributed by atoms with Gasteiger partial charge in [-0.3, -0.25) is 4.99 Å². The van der Waals surface area contributed by atoms with E-state index in [9.17, 15) is 0 Å². The van der Waals surface area contributed by atoms with Crippen LogP contribution in [-0.2, 0) is 6.54 Å². The molecule has 0 unspecified atom stereocenters. The molecule has 0 aromatic heterocycles. The van der Waals surface area contributed by atoms with Gasteiger partial charge in [-0.2, -0.15) is 0 Å². The van der Waals surface area contributed by atoms with E-state index >= 15 is 0 Å². The van der Waals surface area contributed by atoms with Crippen molar-refractivity contribution in [1.82, 2.24) is 0 Å². The summed E-state index contributed by atoms with van der Waals surface area (Å²) in [6.45, 7) is 4.88. The molecule has 0 radical (unpaired) electrons. The summed E-state index contributed by atoms with van der Waals surface area (Å²) >= 11 is 0. The number of rotatable bonds is 2. The second-order valence-electron chi connectivity index (χ2n) is 4.61. The topological polar surface area (TPSA) is 21.6 Å². The lowest BCUT2D eigenvalue weighted by atomic mass is 10.1. The number of nitrogens with zero attached hydrogens (tertiary/aromatic N) is 1. The summed E-state index contributed by atoms with van der Waals surface area (Å²) in [5, 5.41) is 0. The third-order valence-electron chi connectivity index (χ3n) is 3.21. The van der Waals surface area contributed by atoms with Crippen LogP contribution in [0.15, 0.2) is 47.5 Å². The monoisotopic (exact) mass is 237 g/mol. The predicted octanol–water partition coefficient (Wildman–Crippen LogP) is 4.11. The Morgan fingerprint density at radius 1 is 1.00 bits per heavy atom. The molecule has 1 aliphatic rings. The first-order chi connectivity index (χ1) is 8.74. The van der Waals surface area contributed by atoms with E-state index in [4.69, 9.17) is 4.74 Å². The molecule has 0 N–H and O–H groups in total. The highest BCUT2D eigenvalue weighted by molar-refractivity contribution is 6.04. The quantitative estimate of drug-likeness (QED) is 0.770. The molecule has 2 nitrogen and oxygen atoms in total. The summed E-state index contributed by atoms with van der Waals surface area (Å²) in [5.74, 6) is 1.77. The van der Waals surface area contributed by atoms with E-state index in [2.05, 4.69) is 30.1 Å². The molecule has 0 aliphatic carbocycles. The number of ether oxygens (including phenoxy) is 1. The van der Waals surface area contributed by atoms with Crippen molar-refractivity contribution in [2.24, 2.45) is 4.99 Å². The van der Waals surface area contributed by atoms with Crippen LogP contribution in [0.2, 0.25) is 0 Å². The molecule has 0 fully saturated rings. The first kappa shape index (κ1) is 11.0. The third kappa shape index (κ3) is 1.90. The molecule has 1 heterocycles. The minimum atomic E-state index is 0.770. The van der Waals surface area contributed by atoms with Gasteiger partial charge in [-0.1, -0.05) is 29.8 Å². The molecule has 0 atom stereocenters. The smallest absolute Gasteiger partial charge is 0.136 e. The van der Waals surface area contributed by atoms with Crippen molar-refractivity contribution in [3.8, 4) is 11.5 Å². The van der Waals surface area contributed by atoms with E-state index < -0.39 is 0 Å². The normalized spacial score (nSPS) is 13.1. The maximum atomic E-state index is 5.97. The SMILES string of the molecule is CC1=NCc2cccc(Oc3ccc(C)cc3)c21. The zero-order valence-electron chi connectivity index (χ0n) is 10.6. The molecule has 90 valence electrons. The Morgan fingerprint density at radius 3 is 2.56 bits per heavy atom. The minimum absolute atomic E-state index is 0.770. The fraction of sp³-hybridized carbons (Fsp3) is 0.188.